The Bertz CT molecular complexity index is 1180. The molecule has 4 N–H and O–H groups in total. The number of alkyl carbamates (subject to hydrolysis) is 1. The number of fused-ring (bicyclic) bond motifs is 1. The van der Waals surface area contributed by atoms with Gasteiger partial charge in [0.25, 0.3) is 5.91 Å². The molecule has 0 bridgehead atoms. The zero-order chi connectivity index (χ0) is 28.5. The minimum atomic E-state index is -1.11. The Morgan fingerprint density at radius 2 is 1.69 bits per heavy atom. The van der Waals surface area contributed by atoms with Gasteiger partial charge in [-0.3, -0.25) is 19.2 Å². The van der Waals surface area contributed by atoms with E-state index in [9.17, 15) is 24.0 Å². The van der Waals surface area contributed by atoms with Gasteiger partial charge in [0.15, 0.2) is 0 Å². The van der Waals surface area contributed by atoms with Gasteiger partial charge in [0.2, 0.25) is 17.6 Å². The maximum atomic E-state index is 13.3. The predicted molar refractivity (Wildman–Crippen MR) is 145 cm³/mol. The number of carbonyl (C=O) groups excluding carboxylic acids is 5. The van der Waals surface area contributed by atoms with Crippen molar-refractivity contribution in [3.63, 3.8) is 0 Å². The molecule has 0 aliphatic carbocycles. The molecule has 3 rings (SSSR count). The van der Waals surface area contributed by atoms with Crippen LogP contribution in [0.15, 0.2) is 35.8 Å². The molecular formula is C27H35N5O6S. The lowest BCUT2D eigenvalue weighted by Gasteiger charge is -2.28. The molecule has 0 saturated carbocycles. The molecule has 39 heavy (non-hydrogen) atoms. The highest BCUT2D eigenvalue weighted by molar-refractivity contribution is 7.09. The van der Waals surface area contributed by atoms with E-state index in [1.807, 2.05) is 30.3 Å². The van der Waals surface area contributed by atoms with Gasteiger partial charge >= 0.3 is 6.09 Å². The summed E-state index contributed by atoms with van der Waals surface area (Å²) in [7, 11) is 0. The van der Waals surface area contributed by atoms with Gasteiger partial charge in [-0.1, -0.05) is 58.0 Å². The molecule has 0 radical (unpaired) electrons. The fourth-order valence-electron chi connectivity index (χ4n) is 4.06. The molecule has 0 fully saturated rings. The van der Waals surface area contributed by atoms with Gasteiger partial charge < -0.3 is 26.0 Å². The summed E-state index contributed by atoms with van der Waals surface area (Å²) in [6.45, 7) is 7.32. The number of aromatic nitrogens is 1. The summed E-state index contributed by atoms with van der Waals surface area (Å²) in [4.78, 5) is 69.2. The van der Waals surface area contributed by atoms with E-state index in [0.717, 1.165) is 16.1 Å². The fraction of sp³-hybridized carbons (Fsp3) is 0.481. The lowest BCUT2D eigenvalue weighted by Crippen LogP contribution is -2.59. The molecule has 1 aliphatic heterocycles. The van der Waals surface area contributed by atoms with Crippen LogP contribution in [0.25, 0.3) is 0 Å². The van der Waals surface area contributed by atoms with E-state index in [1.54, 1.807) is 33.2 Å². The number of nitrogens with one attached hydrogen (secondary N) is 4. The van der Waals surface area contributed by atoms with Gasteiger partial charge in [-0.15, -0.1) is 11.3 Å². The average molecular weight is 558 g/mol. The Morgan fingerprint density at radius 1 is 1.03 bits per heavy atom. The highest BCUT2D eigenvalue weighted by atomic mass is 32.1. The quantitative estimate of drug-likeness (QED) is 0.341. The minimum Gasteiger partial charge on any atom is -0.445 e. The van der Waals surface area contributed by atoms with Crippen LogP contribution in [0.3, 0.4) is 0 Å². The minimum absolute atomic E-state index is 0.0423. The third-order valence-electron chi connectivity index (χ3n) is 6.30. The van der Waals surface area contributed by atoms with Crippen molar-refractivity contribution in [2.45, 2.75) is 65.3 Å². The van der Waals surface area contributed by atoms with Crippen molar-refractivity contribution in [3.8, 4) is 0 Å². The first-order chi connectivity index (χ1) is 18.6. The second-order valence-electron chi connectivity index (χ2n) is 10.0. The monoisotopic (exact) mass is 557 g/mol. The van der Waals surface area contributed by atoms with Gasteiger partial charge in [0, 0.05) is 24.3 Å². The van der Waals surface area contributed by atoms with Crippen molar-refractivity contribution in [1.29, 1.82) is 0 Å². The summed E-state index contributed by atoms with van der Waals surface area (Å²) in [6, 6.07) is 6.02. The maximum absolute atomic E-state index is 13.3. The Labute approximate surface area is 231 Å². The number of hydrogen-bond acceptors (Lipinski definition) is 8. The predicted octanol–water partition coefficient (Wildman–Crippen LogP) is 1.50. The van der Waals surface area contributed by atoms with Crippen LogP contribution in [0, 0.1) is 11.8 Å². The number of thiazole rings is 1. The van der Waals surface area contributed by atoms with Crippen LogP contribution in [0.4, 0.5) is 4.79 Å². The molecule has 0 saturated heterocycles. The number of amides is 4. The maximum Gasteiger partial charge on any atom is 0.408 e. The Hall–Kier alpha value is -3.80. The Balaban J connectivity index is 1.67. The number of ether oxygens (including phenoxy) is 1. The van der Waals surface area contributed by atoms with Crippen LogP contribution in [0.1, 0.15) is 43.8 Å². The van der Waals surface area contributed by atoms with E-state index >= 15 is 0 Å². The van der Waals surface area contributed by atoms with E-state index in [2.05, 4.69) is 26.3 Å². The molecule has 1 aromatic carbocycles. The number of hydrogen-bond donors (Lipinski definition) is 4. The number of benzene rings is 1. The SMILES string of the molecule is CC(C)C(NC(=O)OCc1ccccc1)C(=O)NC(C(=O)NC1Cc2scnc2CCNC(=O)C1=O)C(C)C. The highest BCUT2D eigenvalue weighted by Crippen LogP contribution is 2.18. The van der Waals surface area contributed by atoms with Crippen LogP contribution in [-0.2, 0) is 43.4 Å². The second kappa shape index (κ2) is 13.8. The molecule has 12 heteroatoms. The summed E-state index contributed by atoms with van der Waals surface area (Å²) in [5, 5.41) is 10.5. The first-order valence-corrected chi connectivity index (χ1v) is 13.8. The van der Waals surface area contributed by atoms with Crippen LogP contribution in [0.5, 0.6) is 0 Å². The van der Waals surface area contributed by atoms with Crippen molar-refractivity contribution in [2.75, 3.05) is 6.54 Å². The van der Waals surface area contributed by atoms with E-state index in [-0.39, 0.29) is 31.4 Å². The molecule has 0 spiro atoms. The van der Waals surface area contributed by atoms with E-state index in [1.165, 1.54) is 11.3 Å². The van der Waals surface area contributed by atoms with Crippen molar-refractivity contribution in [1.82, 2.24) is 26.3 Å². The second-order valence-corrected chi connectivity index (χ2v) is 11.0. The zero-order valence-corrected chi connectivity index (χ0v) is 23.3. The first kappa shape index (κ1) is 29.8. The standard InChI is InChI=1S/C27H35N5O6S/c1-15(2)21(24(34)30-19-12-20-18(29-14-39-20)10-11-28-26(36)23(19)33)31-25(35)22(16(3)4)32-27(37)38-13-17-8-6-5-7-9-17/h5-9,14-16,19,21-22H,10-13H2,1-4H3,(H,28,36)(H,30,34)(H,31,35)(H,32,37). The van der Waals surface area contributed by atoms with Gasteiger partial charge in [-0.2, -0.15) is 0 Å². The molecule has 1 aromatic heterocycles. The lowest BCUT2D eigenvalue weighted by molar-refractivity contribution is -0.140. The van der Waals surface area contributed by atoms with Crippen molar-refractivity contribution in [2.24, 2.45) is 11.8 Å². The lowest BCUT2D eigenvalue weighted by atomic mass is 9.98. The third-order valence-corrected chi connectivity index (χ3v) is 7.20. The molecule has 11 nitrogen and oxygen atoms in total. The zero-order valence-electron chi connectivity index (χ0n) is 22.5. The summed E-state index contributed by atoms with van der Waals surface area (Å²) in [5.41, 5.74) is 3.24. The van der Waals surface area contributed by atoms with Crippen molar-refractivity contribution in [3.05, 3.63) is 52.0 Å². The van der Waals surface area contributed by atoms with Gasteiger partial charge in [0.05, 0.1) is 11.2 Å². The molecule has 2 aromatic rings. The van der Waals surface area contributed by atoms with E-state index in [4.69, 9.17) is 4.74 Å². The number of carbonyl (C=O) groups is 5. The number of ketones is 1. The van der Waals surface area contributed by atoms with E-state index in [0.29, 0.717) is 6.42 Å². The van der Waals surface area contributed by atoms with Crippen LogP contribution in [0.2, 0.25) is 0 Å². The molecule has 4 amide bonds. The van der Waals surface area contributed by atoms with Crippen LogP contribution >= 0.6 is 11.3 Å². The fourth-order valence-corrected chi connectivity index (χ4v) is 4.93. The molecule has 3 atom stereocenters. The summed E-state index contributed by atoms with van der Waals surface area (Å²) in [6.07, 6.45) is -0.151. The highest BCUT2D eigenvalue weighted by Gasteiger charge is 2.35. The topological polar surface area (TPSA) is 156 Å². The number of rotatable bonds is 9. The van der Waals surface area contributed by atoms with E-state index < -0.39 is 47.7 Å². The van der Waals surface area contributed by atoms with Crippen LogP contribution < -0.4 is 21.3 Å². The van der Waals surface area contributed by atoms with Crippen molar-refractivity contribution < 1.29 is 28.7 Å². The Morgan fingerprint density at radius 3 is 2.36 bits per heavy atom. The first-order valence-electron chi connectivity index (χ1n) is 12.9. The number of Topliss-reactive ketones (excluding diaryl/α,β-unsaturated/α-hetero) is 1. The normalized spacial score (nSPS) is 17.1. The van der Waals surface area contributed by atoms with Gasteiger partial charge in [0.1, 0.15) is 24.7 Å². The smallest absolute Gasteiger partial charge is 0.408 e. The Kier molecular flexibility index (Phi) is 10.6. The van der Waals surface area contributed by atoms with Crippen molar-refractivity contribution >= 4 is 40.9 Å². The van der Waals surface area contributed by atoms with Gasteiger partial charge in [-0.05, 0) is 17.4 Å². The average Bonchev–Trinajstić information content (AvgIpc) is 3.35. The van der Waals surface area contributed by atoms with Crippen LogP contribution in [-0.4, -0.2) is 59.3 Å². The molecule has 3 unspecified atom stereocenters. The molecule has 210 valence electrons. The summed E-state index contributed by atoms with van der Waals surface area (Å²) < 4.78 is 5.25. The molecule has 2 heterocycles. The number of nitrogens with zero attached hydrogens (tertiary/aromatic N) is 1. The third kappa shape index (κ3) is 8.34. The molecular weight excluding hydrogens is 522 g/mol. The summed E-state index contributed by atoms with van der Waals surface area (Å²) >= 11 is 1.36. The summed E-state index contributed by atoms with van der Waals surface area (Å²) in [5.74, 6) is -3.39. The molecule has 1 aliphatic rings. The largest absolute Gasteiger partial charge is 0.445 e. The van der Waals surface area contributed by atoms with Gasteiger partial charge in [-0.25, -0.2) is 9.78 Å².